The Morgan fingerprint density at radius 2 is 0.735 bits per heavy atom. The van der Waals surface area contributed by atoms with Crippen molar-refractivity contribution in [3.63, 3.8) is 0 Å². The maximum atomic E-state index is 10.7. The Morgan fingerprint density at radius 1 is 0.529 bits per heavy atom. The molecule has 6 nitrogen and oxygen atoms in total. The van der Waals surface area contributed by atoms with E-state index in [9.17, 15) is 29.7 Å². The maximum absolute atomic E-state index is 10.7. The normalized spacial score (nSPS) is 37.4. The summed E-state index contributed by atoms with van der Waals surface area (Å²) in [5.74, 6) is -3.00. The monoisotopic (exact) mass is 964 g/mol. The molecule has 0 aromatic rings. The first-order valence-corrected chi connectivity index (χ1v) is 16.0. The number of aliphatic carboxylic acids is 3. The van der Waals surface area contributed by atoms with Crippen LogP contribution in [0.2, 0.25) is 0 Å². The maximum Gasteiger partial charge on any atom is 3.00 e. The molecule has 34 heavy (non-hydrogen) atoms. The van der Waals surface area contributed by atoms with E-state index >= 15 is 0 Å². The average molecular weight is 970 g/mol. The molecule has 0 aliphatic heterocycles. The van der Waals surface area contributed by atoms with Gasteiger partial charge in [0.05, 0.1) is 30.9 Å². The van der Waals surface area contributed by atoms with Crippen molar-refractivity contribution >= 4 is 139 Å². The molecule has 0 radical (unpaired) electrons. The molecule has 3 fully saturated rings. The summed E-state index contributed by atoms with van der Waals surface area (Å²) in [6, 6.07) is 0. The number of rotatable bonds is 3. The Bertz CT molecular complexity index is 612. The number of carbonyl (C=O) groups is 3. The summed E-state index contributed by atoms with van der Waals surface area (Å²) in [6.07, 6.45) is 10.8. The Kier molecular flexibility index (Phi) is 17.3. The Labute approximate surface area is 270 Å². The van der Waals surface area contributed by atoms with Crippen LogP contribution in [-0.2, 0) is 14.4 Å². The van der Waals surface area contributed by atoms with Gasteiger partial charge < -0.3 is 29.7 Å². The molecule has 13 heteroatoms. The van der Waals surface area contributed by atoms with Crippen molar-refractivity contribution in [1.29, 1.82) is 0 Å². The Morgan fingerprint density at radius 3 is 0.853 bits per heavy atom. The van der Waals surface area contributed by atoms with Crippen LogP contribution >= 0.6 is 95.6 Å². The first-order valence-electron chi connectivity index (χ1n) is 10.8. The number of hydrogen-bond acceptors (Lipinski definition) is 6. The Hall–Kier alpha value is 2.16. The van der Waals surface area contributed by atoms with Crippen molar-refractivity contribution in [2.45, 2.75) is 105 Å². The zero-order valence-electron chi connectivity index (χ0n) is 18.5. The van der Waals surface area contributed by atoms with Crippen LogP contribution in [0.15, 0.2) is 0 Å². The van der Waals surface area contributed by atoms with Crippen LogP contribution in [0.3, 0.4) is 0 Å². The van der Waals surface area contributed by atoms with Gasteiger partial charge in [0.15, 0.2) is 0 Å². The summed E-state index contributed by atoms with van der Waals surface area (Å²) in [5, 5.41) is 32.1. The predicted octanol–water partition coefficient (Wildman–Crippen LogP) is 3.24. The summed E-state index contributed by atoms with van der Waals surface area (Å²) in [6.45, 7) is 0. The van der Waals surface area contributed by atoms with Gasteiger partial charge in [0, 0.05) is 14.5 Å². The van der Waals surface area contributed by atoms with Crippen molar-refractivity contribution in [3.8, 4) is 0 Å². The number of carbonyl (C=O) groups excluding carboxylic acids is 3. The fraction of sp³-hybridized carbons (Fsp3) is 0.857. The van der Waals surface area contributed by atoms with Gasteiger partial charge in [-0.2, -0.15) is 0 Å². The smallest absolute Gasteiger partial charge is 0.549 e. The van der Waals surface area contributed by atoms with Gasteiger partial charge >= 0.3 is 25.8 Å². The minimum Gasteiger partial charge on any atom is -0.549 e. The van der Waals surface area contributed by atoms with Gasteiger partial charge in [-0.05, 0) is 38.5 Å². The number of carboxylic acid groups (broad SMARTS) is 3. The van der Waals surface area contributed by atoms with Crippen molar-refractivity contribution in [3.05, 3.63) is 0 Å². The van der Waals surface area contributed by atoms with Gasteiger partial charge in [-0.15, -0.1) is 0 Å². The van der Waals surface area contributed by atoms with Gasteiger partial charge in [0.1, 0.15) is 0 Å². The van der Waals surface area contributed by atoms with E-state index in [0.29, 0.717) is 19.3 Å². The van der Waals surface area contributed by atoms with Crippen molar-refractivity contribution in [1.82, 2.24) is 0 Å². The molecule has 0 aromatic carbocycles. The molecule has 0 amide bonds. The van der Waals surface area contributed by atoms with Crippen LogP contribution in [-0.4, -0.2) is 71.2 Å². The molecule has 192 valence electrons. The molecule has 3 aliphatic rings. The van der Waals surface area contributed by atoms with E-state index in [1.54, 1.807) is 0 Å². The van der Waals surface area contributed by atoms with E-state index in [1.807, 2.05) is 0 Å². The van der Waals surface area contributed by atoms with Gasteiger partial charge in [0.2, 0.25) is 0 Å². The van der Waals surface area contributed by atoms with Crippen molar-refractivity contribution in [2.24, 2.45) is 0 Å². The van der Waals surface area contributed by atoms with Gasteiger partial charge in [-0.25, -0.2) is 0 Å². The van der Waals surface area contributed by atoms with Crippen LogP contribution in [0.4, 0.5) is 0 Å². The van der Waals surface area contributed by atoms with E-state index in [4.69, 9.17) is 0 Å². The quantitative estimate of drug-likeness (QED) is 0.401. The third kappa shape index (κ3) is 9.72. The first kappa shape index (κ1) is 36.2. The SMILES string of the molecule is O=C([O-])C1(Br)CCCCC1Br.O=C([O-])C1(Br)CCCCC1Br.O=C([O-])C1(Br)CCCCC1Br.[In+3]. The minimum absolute atomic E-state index is 0. The van der Waals surface area contributed by atoms with Gasteiger partial charge in [-0.1, -0.05) is 134 Å². The van der Waals surface area contributed by atoms with E-state index in [1.165, 1.54) is 0 Å². The molecule has 0 saturated heterocycles. The van der Waals surface area contributed by atoms with Crippen molar-refractivity contribution in [2.75, 3.05) is 0 Å². The Balaban J connectivity index is 0.000000473. The third-order valence-corrected chi connectivity index (χ3v) is 15.6. The van der Waals surface area contributed by atoms with Gasteiger partial charge in [0.25, 0.3) is 0 Å². The molecule has 0 aromatic heterocycles. The predicted molar refractivity (Wildman–Crippen MR) is 149 cm³/mol. The van der Waals surface area contributed by atoms with Crippen LogP contribution in [0.5, 0.6) is 0 Å². The van der Waals surface area contributed by atoms with Crippen LogP contribution in [0.1, 0.15) is 77.0 Å². The molecule has 0 bridgehead atoms. The zero-order valence-corrected chi connectivity index (χ0v) is 31.3. The topological polar surface area (TPSA) is 120 Å². The fourth-order valence-electron chi connectivity index (χ4n) is 3.96. The fourth-order valence-corrected chi connectivity index (χ4v) is 7.71. The van der Waals surface area contributed by atoms with Crippen LogP contribution in [0, 0.1) is 0 Å². The van der Waals surface area contributed by atoms with E-state index in [-0.39, 0.29) is 40.3 Å². The van der Waals surface area contributed by atoms with E-state index in [0.717, 1.165) is 57.8 Å². The molecule has 0 N–H and O–H groups in total. The number of halogens is 6. The molecule has 3 aliphatic carbocycles. The summed E-state index contributed by atoms with van der Waals surface area (Å²) >= 11 is 19.7. The standard InChI is InChI=1S/3C7H10Br2O2.In/c3*8-5-3-1-2-4-7(5,9)6(10)11;/h3*5H,1-4H2,(H,10,11);/q;;;+3/p-3. The van der Waals surface area contributed by atoms with E-state index < -0.39 is 30.9 Å². The van der Waals surface area contributed by atoms with Crippen LogP contribution in [0.25, 0.3) is 0 Å². The summed E-state index contributed by atoms with van der Waals surface area (Å²) in [7, 11) is 0. The molecule has 0 spiro atoms. The first-order chi connectivity index (χ1) is 15.2. The molecule has 6 atom stereocenters. The molecule has 3 saturated carbocycles. The molecule has 3 rings (SSSR count). The average Bonchev–Trinajstić information content (AvgIpc) is 2.75. The minimum atomic E-state index is -1.00. The summed E-state index contributed by atoms with van der Waals surface area (Å²) < 4.78 is -2.48. The van der Waals surface area contributed by atoms with Crippen molar-refractivity contribution < 1.29 is 29.7 Å². The molecule has 0 heterocycles. The second-order valence-corrected chi connectivity index (χ2v) is 16.2. The van der Waals surface area contributed by atoms with Crippen LogP contribution < -0.4 is 15.3 Å². The third-order valence-electron chi connectivity index (χ3n) is 6.25. The molecular formula is C21H27Br6InO6. The summed E-state index contributed by atoms with van der Waals surface area (Å²) in [5.41, 5.74) is 0. The second kappa shape index (κ2) is 16.3. The zero-order chi connectivity index (χ0) is 25.4. The van der Waals surface area contributed by atoms with E-state index in [2.05, 4.69) is 95.6 Å². The molecular weight excluding hydrogens is 942 g/mol. The summed E-state index contributed by atoms with van der Waals surface area (Å²) in [4.78, 5) is 32.1. The largest absolute Gasteiger partial charge is 3.00 e. The number of carboxylic acids is 3. The number of hydrogen-bond donors (Lipinski definition) is 0. The molecule has 6 unspecified atom stereocenters. The van der Waals surface area contributed by atoms with Gasteiger partial charge in [-0.3, -0.25) is 0 Å². The second-order valence-electron chi connectivity index (χ2n) is 8.59. The number of alkyl halides is 6.